The van der Waals surface area contributed by atoms with Crippen LogP contribution in [-0.2, 0) is 4.74 Å². The molecular weight excluding hydrogens is 284 g/mol. The highest BCUT2D eigenvalue weighted by Gasteiger charge is 2.15. The van der Waals surface area contributed by atoms with Crippen molar-refractivity contribution in [3.8, 4) is 0 Å². The van der Waals surface area contributed by atoms with Gasteiger partial charge in [0.15, 0.2) is 0 Å². The largest absolute Gasteiger partial charge is 0.385 e. The number of nitrogens with two attached hydrogens (primary N) is 1. The monoisotopic (exact) mass is 295 g/mol. The third-order valence-corrected chi connectivity index (χ3v) is 3.36. The Kier molecular flexibility index (Phi) is 4.99. The van der Waals surface area contributed by atoms with E-state index in [0.29, 0.717) is 23.1 Å². The Hall–Kier alpha value is -0.160. The van der Waals surface area contributed by atoms with Crippen LogP contribution in [0.5, 0.6) is 0 Å². The van der Waals surface area contributed by atoms with Gasteiger partial charge in [-0.2, -0.15) is 0 Å². The van der Waals surface area contributed by atoms with Crippen LogP contribution in [0.3, 0.4) is 0 Å². The first kappa shape index (κ1) is 12.9. The summed E-state index contributed by atoms with van der Waals surface area (Å²) >= 11 is 8.90. The van der Waals surface area contributed by atoms with Crippen LogP contribution in [0.15, 0.2) is 16.6 Å². The van der Waals surface area contributed by atoms with Crippen molar-refractivity contribution < 1.29 is 9.13 Å². The average molecular weight is 297 g/mol. The van der Waals surface area contributed by atoms with Gasteiger partial charge in [0, 0.05) is 29.8 Å². The summed E-state index contributed by atoms with van der Waals surface area (Å²) in [5.41, 5.74) is 6.22. The molecule has 84 valence electrons. The van der Waals surface area contributed by atoms with E-state index in [1.54, 1.807) is 19.2 Å². The van der Waals surface area contributed by atoms with E-state index in [0.717, 1.165) is 0 Å². The van der Waals surface area contributed by atoms with Crippen molar-refractivity contribution in [1.82, 2.24) is 0 Å². The molecule has 1 rings (SSSR count). The Balaban J connectivity index is 2.90. The molecule has 0 aromatic heterocycles. The minimum atomic E-state index is -0.463. The quantitative estimate of drug-likeness (QED) is 0.866. The van der Waals surface area contributed by atoms with Crippen molar-refractivity contribution >= 4 is 27.5 Å². The van der Waals surface area contributed by atoms with Gasteiger partial charge in [-0.25, -0.2) is 4.39 Å². The van der Waals surface area contributed by atoms with E-state index in [-0.39, 0.29) is 5.02 Å². The fraction of sp³-hybridized carbons (Fsp3) is 0.400. The number of ether oxygens (including phenoxy) is 1. The summed E-state index contributed by atoms with van der Waals surface area (Å²) in [6.45, 7) is 0.494. The molecule has 1 aromatic carbocycles. The molecule has 1 unspecified atom stereocenters. The fourth-order valence-electron chi connectivity index (χ4n) is 1.23. The maximum absolute atomic E-state index is 13.7. The molecule has 1 aromatic rings. The van der Waals surface area contributed by atoms with Crippen molar-refractivity contribution in [2.24, 2.45) is 5.73 Å². The van der Waals surface area contributed by atoms with Crippen molar-refractivity contribution in [2.75, 3.05) is 13.7 Å². The Morgan fingerprint density at radius 2 is 2.27 bits per heavy atom. The summed E-state index contributed by atoms with van der Waals surface area (Å²) in [6.07, 6.45) is 0.561. The molecular formula is C10H12BrClFNO. The maximum atomic E-state index is 13.7. The third-order valence-electron chi connectivity index (χ3n) is 2.10. The highest BCUT2D eigenvalue weighted by atomic mass is 79.9. The Morgan fingerprint density at radius 1 is 1.60 bits per heavy atom. The fourth-order valence-corrected chi connectivity index (χ4v) is 1.71. The van der Waals surface area contributed by atoms with Gasteiger partial charge in [-0.15, -0.1) is 0 Å². The predicted molar refractivity (Wildman–Crippen MR) is 62.5 cm³/mol. The molecule has 0 saturated heterocycles. The van der Waals surface area contributed by atoms with Gasteiger partial charge in [0.05, 0.1) is 5.02 Å². The predicted octanol–water partition coefficient (Wildman–Crippen LogP) is 3.28. The molecule has 0 spiro atoms. The molecule has 1 atom stereocenters. The Bertz CT molecular complexity index is 348. The van der Waals surface area contributed by atoms with Crippen LogP contribution in [0.1, 0.15) is 18.0 Å². The second-order valence-electron chi connectivity index (χ2n) is 3.15. The summed E-state index contributed by atoms with van der Waals surface area (Å²) in [6, 6.07) is 2.93. The Labute approximate surface area is 102 Å². The number of hydrogen-bond donors (Lipinski definition) is 1. The molecule has 5 heteroatoms. The van der Waals surface area contributed by atoms with Gasteiger partial charge in [-0.05, 0) is 28.4 Å². The third kappa shape index (κ3) is 3.14. The lowest BCUT2D eigenvalue weighted by molar-refractivity contribution is 0.187. The van der Waals surface area contributed by atoms with E-state index in [9.17, 15) is 4.39 Å². The lowest BCUT2D eigenvalue weighted by Gasteiger charge is -2.13. The van der Waals surface area contributed by atoms with Crippen LogP contribution >= 0.6 is 27.5 Å². The van der Waals surface area contributed by atoms with Gasteiger partial charge in [-0.3, -0.25) is 0 Å². The highest BCUT2D eigenvalue weighted by molar-refractivity contribution is 9.10. The van der Waals surface area contributed by atoms with Crippen molar-refractivity contribution in [3.05, 3.63) is 33.0 Å². The van der Waals surface area contributed by atoms with Crippen molar-refractivity contribution in [1.29, 1.82) is 0 Å². The SMILES string of the molecule is COCCC(N)c1ccc(Br)c(Cl)c1F. The van der Waals surface area contributed by atoms with Gasteiger partial charge in [0.1, 0.15) is 5.82 Å². The summed E-state index contributed by atoms with van der Waals surface area (Å²) < 4.78 is 19.1. The molecule has 15 heavy (non-hydrogen) atoms. The first-order valence-corrected chi connectivity index (χ1v) is 5.63. The van der Waals surface area contributed by atoms with Gasteiger partial charge >= 0.3 is 0 Å². The van der Waals surface area contributed by atoms with E-state index in [2.05, 4.69) is 15.9 Å². The molecule has 0 aliphatic rings. The van der Waals surface area contributed by atoms with Crippen LogP contribution in [0.4, 0.5) is 4.39 Å². The van der Waals surface area contributed by atoms with Gasteiger partial charge in [0.2, 0.25) is 0 Å². The molecule has 0 saturated carbocycles. The number of rotatable bonds is 4. The zero-order chi connectivity index (χ0) is 11.4. The zero-order valence-electron chi connectivity index (χ0n) is 8.27. The maximum Gasteiger partial charge on any atom is 0.147 e. The van der Waals surface area contributed by atoms with Crippen LogP contribution in [-0.4, -0.2) is 13.7 Å². The van der Waals surface area contributed by atoms with Gasteiger partial charge < -0.3 is 10.5 Å². The normalized spacial score (nSPS) is 12.9. The van der Waals surface area contributed by atoms with Gasteiger partial charge in [-0.1, -0.05) is 17.7 Å². The van der Waals surface area contributed by atoms with Crippen LogP contribution in [0.2, 0.25) is 5.02 Å². The standard InChI is InChI=1S/C10H12BrClFNO/c1-15-5-4-8(14)6-2-3-7(11)9(12)10(6)13/h2-3,8H,4-5,14H2,1H3. The topological polar surface area (TPSA) is 35.2 Å². The van der Waals surface area contributed by atoms with Crippen molar-refractivity contribution in [2.45, 2.75) is 12.5 Å². The molecule has 0 heterocycles. The molecule has 2 N–H and O–H groups in total. The van der Waals surface area contributed by atoms with Crippen LogP contribution in [0, 0.1) is 5.82 Å². The minimum Gasteiger partial charge on any atom is -0.385 e. The highest BCUT2D eigenvalue weighted by Crippen LogP contribution is 2.30. The van der Waals surface area contributed by atoms with E-state index >= 15 is 0 Å². The summed E-state index contributed by atoms with van der Waals surface area (Å²) in [5.74, 6) is -0.463. The molecule has 0 amide bonds. The second-order valence-corrected chi connectivity index (χ2v) is 4.38. The van der Waals surface area contributed by atoms with Gasteiger partial charge in [0.25, 0.3) is 0 Å². The first-order chi connectivity index (χ1) is 7.07. The first-order valence-electron chi connectivity index (χ1n) is 4.45. The van der Waals surface area contributed by atoms with Crippen LogP contribution in [0.25, 0.3) is 0 Å². The minimum absolute atomic E-state index is 0.0698. The Morgan fingerprint density at radius 3 is 2.87 bits per heavy atom. The number of methoxy groups -OCH3 is 1. The molecule has 2 nitrogen and oxygen atoms in total. The lowest BCUT2D eigenvalue weighted by atomic mass is 10.0. The summed E-state index contributed by atoms with van der Waals surface area (Å²) in [7, 11) is 1.58. The van der Waals surface area contributed by atoms with E-state index in [1.807, 2.05) is 0 Å². The number of hydrogen-bond acceptors (Lipinski definition) is 2. The smallest absolute Gasteiger partial charge is 0.147 e. The van der Waals surface area contributed by atoms with Crippen LogP contribution < -0.4 is 5.73 Å². The van der Waals surface area contributed by atoms with E-state index in [4.69, 9.17) is 22.1 Å². The van der Waals surface area contributed by atoms with Crippen molar-refractivity contribution in [3.63, 3.8) is 0 Å². The van der Waals surface area contributed by atoms with E-state index in [1.165, 1.54) is 0 Å². The molecule has 0 radical (unpaired) electrons. The summed E-state index contributed by atoms with van der Waals surface area (Å²) in [4.78, 5) is 0. The number of halogens is 3. The number of benzene rings is 1. The average Bonchev–Trinajstić information content (AvgIpc) is 2.23. The molecule has 0 fully saturated rings. The lowest BCUT2D eigenvalue weighted by Crippen LogP contribution is -2.14. The van der Waals surface area contributed by atoms with E-state index < -0.39 is 11.9 Å². The zero-order valence-corrected chi connectivity index (χ0v) is 10.6. The molecule has 0 aliphatic carbocycles. The molecule has 0 bridgehead atoms. The molecule has 0 aliphatic heterocycles. The second kappa shape index (κ2) is 5.80. The summed E-state index contributed by atoms with van der Waals surface area (Å²) in [5, 5.41) is 0.0698.